The van der Waals surface area contributed by atoms with Gasteiger partial charge in [-0.2, -0.15) is 0 Å². The molecule has 0 aliphatic heterocycles. The van der Waals surface area contributed by atoms with Crippen molar-refractivity contribution in [3.8, 4) is 0 Å². The molecule has 2 atom stereocenters. The highest BCUT2D eigenvalue weighted by atomic mass is 16.7. The molecule has 0 saturated heterocycles. The van der Waals surface area contributed by atoms with Crippen LogP contribution in [0.25, 0.3) is 0 Å². The summed E-state index contributed by atoms with van der Waals surface area (Å²) in [5.74, 6) is -1.97. The maximum Gasteiger partial charge on any atom is 0.361 e. The lowest BCUT2D eigenvalue weighted by Gasteiger charge is -2.25. The molecule has 0 aromatic rings. The Kier molecular flexibility index (Phi) is 76.2. The van der Waals surface area contributed by atoms with Gasteiger partial charge in [0.05, 0.1) is 34.4 Å². The van der Waals surface area contributed by atoms with E-state index in [4.69, 9.17) is 18.9 Å². The molecular weight excluding hydrogens is 1190 g/mol. The second kappa shape index (κ2) is 78.2. The number of carbonyl (C=O) groups is 3. The van der Waals surface area contributed by atoms with E-state index < -0.39 is 18.4 Å². The Morgan fingerprint density at radius 1 is 0.312 bits per heavy atom. The first-order valence-electron chi connectivity index (χ1n) is 42.7. The number of unbranched alkanes of at least 4 members (excludes halogenated alkanes) is 60. The number of carbonyl (C=O) groups excluding carboxylic acids is 2. The molecule has 0 heterocycles. The van der Waals surface area contributed by atoms with Crippen LogP contribution in [0.5, 0.6) is 0 Å². The van der Waals surface area contributed by atoms with Gasteiger partial charge in [-0.05, 0) is 51.4 Å². The van der Waals surface area contributed by atoms with Crippen LogP contribution < -0.4 is 0 Å². The molecule has 0 radical (unpaired) electrons. The van der Waals surface area contributed by atoms with Gasteiger partial charge < -0.3 is 28.5 Å². The van der Waals surface area contributed by atoms with Gasteiger partial charge in [0.15, 0.2) is 6.10 Å². The molecule has 566 valence electrons. The first kappa shape index (κ1) is 93.5. The number of likely N-dealkylation sites (N-methyl/N-ethyl adjacent to an activating group) is 1. The van der Waals surface area contributed by atoms with Crippen molar-refractivity contribution in [3.63, 3.8) is 0 Å². The van der Waals surface area contributed by atoms with E-state index in [2.05, 4.69) is 50.3 Å². The number of rotatable bonds is 81. The second-order valence-corrected chi connectivity index (χ2v) is 30.5. The minimum Gasteiger partial charge on any atom is -0.477 e. The fourth-order valence-corrected chi connectivity index (χ4v) is 13.1. The fourth-order valence-electron chi connectivity index (χ4n) is 13.1. The molecule has 0 amide bonds. The lowest BCUT2D eigenvalue weighted by atomic mass is 10.0. The molecule has 0 bridgehead atoms. The predicted molar refractivity (Wildman–Crippen MR) is 415 cm³/mol. The van der Waals surface area contributed by atoms with Gasteiger partial charge in [-0.25, -0.2) is 4.79 Å². The lowest BCUT2D eigenvalue weighted by Crippen LogP contribution is -2.40. The quantitative estimate of drug-likeness (QED) is 0.0211. The minimum absolute atomic E-state index is 0.174. The third kappa shape index (κ3) is 78.8. The highest BCUT2D eigenvalue weighted by Crippen LogP contribution is 2.21. The van der Waals surface area contributed by atoms with Crippen molar-refractivity contribution in [3.05, 3.63) is 36.5 Å². The summed E-state index contributed by atoms with van der Waals surface area (Å²) in [6.45, 7) is 4.96. The SMILES string of the molecule is CCCCCCC/C=C\C/C=C\C/C=C\CCCCCCCCCCCCCCCCCCCCCCCCCCC(=O)OC(COC(=O)CCCCCCCCCCCCCCCCCCCCCCCCCCCCCCCCCC)COC(OCC[N+](C)(C)C)C(=O)O. The zero-order valence-corrected chi connectivity index (χ0v) is 65.1. The van der Waals surface area contributed by atoms with Gasteiger partial charge >= 0.3 is 17.9 Å². The number of allylic oxidation sites excluding steroid dienone is 6. The van der Waals surface area contributed by atoms with Gasteiger partial charge in [0.1, 0.15) is 13.2 Å². The number of ether oxygens (including phenoxy) is 4. The van der Waals surface area contributed by atoms with Gasteiger partial charge in [-0.15, -0.1) is 0 Å². The average Bonchev–Trinajstić information content (AvgIpc) is 2.40. The molecule has 0 aliphatic rings. The van der Waals surface area contributed by atoms with E-state index >= 15 is 0 Å². The van der Waals surface area contributed by atoms with E-state index in [1.807, 2.05) is 21.1 Å². The lowest BCUT2D eigenvalue weighted by molar-refractivity contribution is -0.870. The summed E-state index contributed by atoms with van der Waals surface area (Å²) >= 11 is 0. The van der Waals surface area contributed by atoms with Crippen LogP contribution >= 0.6 is 0 Å². The predicted octanol–water partition coefficient (Wildman–Crippen LogP) is 27.4. The van der Waals surface area contributed by atoms with E-state index in [0.717, 1.165) is 51.4 Å². The standard InChI is InChI=1S/C87H165NO8/c1-6-8-10-12-14-16-18-20-22-24-26-28-30-32-34-36-38-40-41-42-43-44-45-46-48-50-52-54-56-58-60-62-64-66-68-70-72-74-76-78-85(90)96-83(82-95-87(86(91)92)93-80-79-88(3,4)5)81-94-84(89)77-75-73-71-69-67-65-63-61-59-57-55-53-51-49-47-39-37-35-33-31-29-27-25-23-21-19-17-15-13-11-9-7-2/h18,20,24,26,30,32,83,87H,6-17,19,21-23,25,27-29,31,33-82H2,1-5H3/p+1/b20-18-,26-24-,32-30-. The Labute approximate surface area is 598 Å². The van der Waals surface area contributed by atoms with Crippen LogP contribution in [0.1, 0.15) is 444 Å². The first-order valence-corrected chi connectivity index (χ1v) is 42.7. The zero-order valence-electron chi connectivity index (χ0n) is 65.1. The normalized spacial score (nSPS) is 12.7. The van der Waals surface area contributed by atoms with Crippen molar-refractivity contribution in [1.82, 2.24) is 0 Å². The Hall–Kier alpha value is -2.49. The van der Waals surface area contributed by atoms with Crippen molar-refractivity contribution >= 4 is 17.9 Å². The van der Waals surface area contributed by atoms with Crippen LogP contribution in [0, 0.1) is 0 Å². The largest absolute Gasteiger partial charge is 0.477 e. The van der Waals surface area contributed by atoms with Gasteiger partial charge in [-0.3, -0.25) is 9.59 Å². The molecule has 0 spiro atoms. The van der Waals surface area contributed by atoms with E-state index in [0.29, 0.717) is 17.4 Å². The summed E-state index contributed by atoms with van der Waals surface area (Å²) in [5.41, 5.74) is 0. The third-order valence-electron chi connectivity index (χ3n) is 19.6. The van der Waals surface area contributed by atoms with Crippen molar-refractivity contribution in [2.45, 2.75) is 456 Å². The number of hydrogen-bond donors (Lipinski definition) is 1. The zero-order chi connectivity index (χ0) is 69.7. The van der Waals surface area contributed by atoms with E-state index in [-0.39, 0.29) is 38.2 Å². The summed E-state index contributed by atoms with van der Waals surface area (Å²) in [6.07, 6.45) is 99.0. The number of quaternary nitrogens is 1. The number of nitrogens with zero attached hydrogens (tertiary/aromatic N) is 1. The molecule has 9 heteroatoms. The second-order valence-electron chi connectivity index (χ2n) is 30.5. The van der Waals surface area contributed by atoms with Gasteiger partial charge in [0, 0.05) is 12.8 Å². The Balaban J connectivity index is 3.93. The summed E-state index contributed by atoms with van der Waals surface area (Å²) in [6, 6.07) is 0. The molecule has 2 unspecified atom stereocenters. The monoisotopic (exact) mass is 1350 g/mol. The average molecular weight is 1350 g/mol. The molecule has 0 aromatic carbocycles. The Morgan fingerprint density at radius 2 is 0.562 bits per heavy atom. The van der Waals surface area contributed by atoms with Crippen LogP contribution in [0.15, 0.2) is 36.5 Å². The van der Waals surface area contributed by atoms with Crippen molar-refractivity contribution in [2.24, 2.45) is 0 Å². The number of hydrogen-bond acceptors (Lipinski definition) is 7. The first-order chi connectivity index (χ1) is 47.1. The molecule has 0 saturated carbocycles. The fraction of sp³-hybridized carbons (Fsp3) is 0.897. The Bertz CT molecular complexity index is 1670. The topological polar surface area (TPSA) is 108 Å². The smallest absolute Gasteiger partial charge is 0.361 e. The summed E-state index contributed by atoms with van der Waals surface area (Å²) < 4.78 is 23.1. The number of aliphatic carboxylic acids is 1. The minimum atomic E-state index is -1.51. The van der Waals surface area contributed by atoms with Crippen molar-refractivity contribution in [2.75, 3.05) is 47.5 Å². The van der Waals surface area contributed by atoms with Crippen molar-refractivity contribution in [1.29, 1.82) is 0 Å². The van der Waals surface area contributed by atoms with Crippen molar-refractivity contribution < 1.29 is 42.9 Å². The molecule has 0 rings (SSSR count). The van der Waals surface area contributed by atoms with E-state index in [1.165, 1.54) is 366 Å². The highest BCUT2D eigenvalue weighted by Gasteiger charge is 2.25. The van der Waals surface area contributed by atoms with E-state index in [9.17, 15) is 19.5 Å². The summed E-state index contributed by atoms with van der Waals surface area (Å²) in [7, 11) is 6.00. The number of esters is 2. The highest BCUT2D eigenvalue weighted by molar-refractivity contribution is 5.71. The van der Waals surface area contributed by atoms with Gasteiger partial charge in [0.25, 0.3) is 6.29 Å². The van der Waals surface area contributed by atoms with Crippen LogP contribution in [0.4, 0.5) is 0 Å². The van der Waals surface area contributed by atoms with E-state index in [1.54, 1.807) is 0 Å². The van der Waals surface area contributed by atoms with Crippen LogP contribution in [-0.4, -0.2) is 87.4 Å². The van der Waals surface area contributed by atoms with Crippen LogP contribution in [-0.2, 0) is 33.3 Å². The Morgan fingerprint density at radius 3 is 0.833 bits per heavy atom. The van der Waals surface area contributed by atoms with Crippen LogP contribution in [0.2, 0.25) is 0 Å². The maximum atomic E-state index is 13.0. The van der Waals surface area contributed by atoms with Gasteiger partial charge in [0.2, 0.25) is 0 Å². The molecule has 0 fully saturated rings. The van der Waals surface area contributed by atoms with Crippen LogP contribution in [0.3, 0.4) is 0 Å². The molecule has 96 heavy (non-hydrogen) atoms. The number of carboxylic acids is 1. The maximum absolute atomic E-state index is 13.0. The molecule has 9 nitrogen and oxygen atoms in total. The molecule has 0 aromatic heterocycles. The molecule has 0 aliphatic carbocycles. The third-order valence-corrected chi connectivity index (χ3v) is 19.6. The number of carboxylic acid groups (broad SMARTS) is 1. The van der Waals surface area contributed by atoms with Gasteiger partial charge in [-0.1, -0.05) is 416 Å². The summed E-state index contributed by atoms with van der Waals surface area (Å²) in [4.78, 5) is 37.8. The summed E-state index contributed by atoms with van der Waals surface area (Å²) in [5, 5.41) is 9.78. The molecule has 1 N–H and O–H groups in total. The molecular formula is C87H166NO8+.